The second-order valence-corrected chi connectivity index (χ2v) is 6.95. The van der Waals surface area contributed by atoms with Crippen LogP contribution >= 0.6 is 0 Å². The zero-order valence-electron chi connectivity index (χ0n) is 18.1. The predicted octanol–water partition coefficient (Wildman–Crippen LogP) is -5.12. The minimum Gasteiger partial charge on any atom is -0.595 e. The third-order valence-electron chi connectivity index (χ3n) is 4.54. The standard InChI is InChI=1S/C17H24N8O11/c26-8-16(27)17(28)13(21-20-12-4-2-10(23(31)32)6-15(12)25(35)36)7-18-19-11-3-1-9(22(29)30)5-14(11)24(33)34/h1-7,16-17,19-20,22-29,31,33,35H,8H2. The lowest BCUT2D eigenvalue weighted by Crippen LogP contribution is -3.00. The van der Waals surface area contributed by atoms with Gasteiger partial charge in [0.1, 0.15) is 29.3 Å². The Labute approximate surface area is 201 Å². The first-order valence-corrected chi connectivity index (χ1v) is 9.77. The van der Waals surface area contributed by atoms with Gasteiger partial charge in [-0.15, -0.1) is 0 Å². The zero-order chi connectivity index (χ0) is 27.0. The van der Waals surface area contributed by atoms with Crippen LogP contribution in [0.3, 0.4) is 0 Å². The van der Waals surface area contributed by atoms with Gasteiger partial charge in [0, 0.05) is 12.1 Å². The van der Waals surface area contributed by atoms with Crippen molar-refractivity contribution in [2.75, 3.05) is 17.5 Å². The van der Waals surface area contributed by atoms with Gasteiger partial charge in [-0.05, 0) is 12.1 Å². The highest BCUT2D eigenvalue weighted by molar-refractivity contribution is 6.33. The molecule has 6 atom stereocenters. The number of hydrazone groups is 2. The summed E-state index contributed by atoms with van der Waals surface area (Å²) in [6.45, 7) is -0.894. The maximum absolute atomic E-state index is 11.5. The Morgan fingerprint density at radius 1 is 0.806 bits per heavy atom. The summed E-state index contributed by atoms with van der Waals surface area (Å²) in [6, 6.07) is 6.18. The summed E-state index contributed by atoms with van der Waals surface area (Å²) in [7, 11) is 0. The van der Waals surface area contributed by atoms with Gasteiger partial charge < -0.3 is 36.1 Å². The summed E-state index contributed by atoms with van der Waals surface area (Å²) < 4.78 is 0. The Kier molecular flexibility index (Phi) is 10.6. The molecule has 198 valence electrons. The van der Waals surface area contributed by atoms with Crippen molar-refractivity contribution in [1.29, 1.82) is 0 Å². The van der Waals surface area contributed by atoms with E-state index in [0.29, 0.717) is 0 Å². The lowest BCUT2D eigenvalue weighted by molar-refractivity contribution is -0.996. The van der Waals surface area contributed by atoms with Crippen molar-refractivity contribution in [3.63, 3.8) is 0 Å². The molecule has 2 aromatic carbocycles. The van der Waals surface area contributed by atoms with Gasteiger partial charge in [-0.1, -0.05) is 0 Å². The van der Waals surface area contributed by atoms with Crippen LogP contribution in [-0.2, 0) is 0 Å². The van der Waals surface area contributed by atoms with E-state index < -0.39 is 56.8 Å². The van der Waals surface area contributed by atoms with E-state index in [0.717, 1.165) is 42.6 Å². The molecule has 19 nitrogen and oxygen atoms in total. The van der Waals surface area contributed by atoms with E-state index in [4.69, 9.17) is 15.5 Å². The van der Waals surface area contributed by atoms with Crippen molar-refractivity contribution in [1.82, 2.24) is 0 Å². The molecule has 0 spiro atoms. The first-order valence-electron chi connectivity index (χ1n) is 9.77. The second kappa shape index (κ2) is 13.2. The molecule has 0 bridgehead atoms. The molecule has 6 unspecified atom stereocenters. The molecular weight excluding hydrogens is 492 g/mol. The van der Waals surface area contributed by atoms with Crippen molar-refractivity contribution in [3.05, 3.63) is 57.2 Å². The van der Waals surface area contributed by atoms with E-state index in [9.17, 15) is 41.5 Å². The second-order valence-electron chi connectivity index (χ2n) is 6.95. The van der Waals surface area contributed by atoms with Crippen LogP contribution < -0.4 is 31.8 Å². The summed E-state index contributed by atoms with van der Waals surface area (Å²) in [5.74, 6) is 0. The smallest absolute Gasteiger partial charge is 0.195 e. The molecule has 0 aliphatic heterocycles. The molecule has 0 saturated heterocycles. The van der Waals surface area contributed by atoms with Crippen molar-refractivity contribution in [2.24, 2.45) is 10.2 Å². The summed E-state index contributed by atoms with van der Waals surface area (Å²) in [6.07, 6.45) is -2.78. The Hall–Kier alpha value is -3.22. The minimum atomic E-state index is -1.85. The quantitative estimate of drug-likeness (QED) is 0.0928. The van der Waals surface area contributed by atoms with E-state index >= 15 is 0 Å². The van der Waals surface area contributed by atoms with E-state index in [1.165, 1.54) is 0 Å². The fraction of sp³-hybridized carbons (Fsp3) is 0.176. The van der Waals surface area contributed by atoms with Gasteiger partial charge in [0.15, 0.2) is 22.7 Å². The molecule has 0 saturated carbocycles. The van der Waals surface area contributed by atoms with Gasteiger partial charge in [0.25, 0.3) is 0 Å². The molecule has 0 amide bonds. The number of quaternary nitrogens is 4. The van der Waals surface area contributed by atoms with Crippen molar-refractivity contribution < 1.29 is 57.1 Å². The number of hydrogen-bond donors (Lipinski definition) is 13. The summed E-state index contributed by atoms with van der Waals surface area (Å²) in [4.78, 5) is 0. The molecule has 0 radical (unpaired) electrons. The van der Waals surface area contributed by atoms with E-state index in [1.807, 2.05) is 0 Å². The monoisotopic (exact) mass is 516 g/mol. The molecule has 2 rings (SSSR count). The lowest BCUT2D eigenvalue weighted by Gasteiger charge is -2.19. The van der Waals surface area contributed by atoms with Gasteiger partial charge in [0.05, 0.1) is 25.0 Å². The van der Waals surface area contributed by atoms with E-state index in [1.54, 1.807) is 0 Å². The molecule has 36 heavy (non-hydrogen) atoms. The Bertz CT molecular complexity index is 1070. The molecule has 13 N–H and O–H groups in total. The molecule has 0 aliphatic carbocycles. The van der Waals surface area contributed by atoms with Crippen LogP contribution in [0.25, 0.3) is 0 Å². The van der Waals surface area contributed by atoms with Crippen LogP contribution in [0, 0.1) is 20.8 Å². The third-order valence-corrected chi connectivity index (χ3v) is 4.54. The number of rotatable bonds is 12. The zero-order valence-corrected chi connectivity index (χ0v) is 18.1. The van der Waals surface area contributed by atoms with Crippen LogP contribution in [-0.4, -0.2) is 66.9 Å². The number of anilines is 2. The molecule has 0 fully saturated rings. The largest absolute Gasteiger partial charge is 0.595 e. The van der Waals surface area contributed by atoms with Crippen molar-refractivity contribution in [3.8, 4) is 0 Å². The fourth-order valence-electron chi connectivity index (χ4n) is 2.66. The third kappa shape index (κ3) is 7.64. The van der Waals surface area contributed by atoms with Gasteiger partial charge in [-0.3, -0.25) is 10.9 Å². The number of aliphatic hydroxyl groups is 3. The van der Waals surface area contributed by atoms with Crippen LogP contribution in [0.1, 0.15) is 0 Å². The molecule has 19 heteroatoms. The van der Waals surface area contributed by atoms with E-state index in [2.05, 4.69) is 21.1 Å². The number of benzene rings is 2. The highest BCUT2D eigenvalue weighted by atomic mass is 16.8. The predicted molar refractivity (Wildman–Crippen MR) is 118 cm³/mol. The Morgan fingerprint density at radius 3 is 1.69 bits per heavy atom. The summed E-state index contributed by atoms with van der Waals surface area (Å²) >= 11 is 0. The molecular formula is C17H24N8O11. The van der Waals surface area contributed by atoms with E-state index in [-0.39, 0.29) is 22.7 Å². The van der Waals surface area contributed by atoms with Gasteiger partial charge in [-0.25, -0.2) is 20.8 Å². The van der Waals surface area contributed by atoms with Crippen molar-refractivity contribution in [2.45, 2.75) is 12.2 Å². The molecule has 0 aromatic heterocycles. The summed E-state index contributed by atoms with van der Waals surface area (Å²) in [5, 5.41) is 113. The Balaban J connectivity index is 2.36. The van der Waals surface area contributed by atoms with Gasteiger partial charge in [-0.2, -0.15) is 31.1 Å². The molecule has 0 heterocycles. The Morgan fingerprint density at radius 2 is 1.28 bits per heavy atom. The number of hydrogen-bond acceptors (Lipinski definition) is 15. The highest BCUT2D eigenvalue weighted by Crippen LogP contribution is 2.22. The average molecular weight is 516 g/mol. The minimum absolute atomic E-state index is 0.134. The fourth-order valence-corrected chi connectivity index (χ4v) is 2.66. The van der Waals surface area contributed by atoms with Crippen molar-refractivity contribution >= 4 is 46.1 Å². The van der Waals surface area contributed by atoms with Crippen LogP contribution in [0.2, 0.25) is 0 Å². The first kappa shape index (κ1) is 29.0. The SMILES string of the molecule is [O-][NH+](O)c1ccc(NN=CC(=NNc2ccc([NH+]([O-])O)cc2[NH+]([O-])O)C(O)C(O)CO)c([NH+]([O-])O)c1. The van der Waals surface area contributed by atoms with Gasteiger partial charge in [0.2, 0.25) is 0 Å². The normalized spacial score (nSPS) is 17.4. The maximum Gasteiger partial charge on any atom is 0.195 e. The molecule has 2 aromatic rings. The average Bonchev–Trinajstić information content (AvgIpc) is 2.84. The van der Waals surface area contributed by atoms with Crippen LogP contribution in [0.15, 0.2) is 46.6 Å². The lowest BCUT2D eigenvalue weighted by atomic mass is 10.1. The van der Waals surface area contributed by atoms with Crippen LogP contribution in [0.5, 0.6) is 0 Å². The number of nitrogens with one attached hydrogen (secondary N) is 6. The first-order chi connectivity index (χ1) is 17.0. The van der Waals surface area contributed by atoms with Crippen LogP contribution in [0.4, 0.5) is 34.1 Å². The number of aliphatic hydroxyl groups excluding tert-OH is 3. The number of nitrogens with zero attached hydrogens (tertiary/aromatic N) is 2. The summed E-state index contributed by atoms with van der Waals surface area (Å²) in [5.41, 5.74) is 2.33. The van der Waals surface area contributed by atoms with Gasteiger partial charge >= 0.3 is 0 Å². The molecule has 0 aliphatic rings. The highest BCUT2D eigenvalue weighted by Gasteiger charge is 2.22. The maximum atomic E-state index is 11.5. The topological polar surface area (TPSA) is 300 Å².